The Hall–Kier alpha value is -1.65. The molecular weight excluding hydrogens is 282 g/mol. The SMILES string of the molecule is COC(=O)C1(NCc2cccs2)CCc2ccc(C)cc21. The fourth-order valence-electron chi connectivity index (χ4n) is 3.06. The summed E-state index contributed by atoms with van der Waals surface area (Å²) < 4.78 is 5.11. The van der Waals surface area contributed by atoms with Crippen molar-refractivity contribution in [2.75, 3.05) is 7.11 Å². The van der Waals surface area contributed by atoms with Crippen molar-refractivity contribution in [1.82, 2.24) is 5.32 Å². The second kappa shape index (κ2) is 5.62. The number of benzene rings is 1. The quantitative estimate of drug-likeness (QED) is 0.882. The van der Waals surface area contributed by atoms with Crippen LogP contribution in [0.5, 0.6) is 0 Å². The van der Waals surface area contributed by atoms with Gasteiger partial charge in [0.25, 0.3) is 0 Å². The lowest BCUT2D eigenvalue weighted by molar-refractivity contribution is -0.149. The van der Waals surface area contributed by atoms with Gasteiger partial charge in [-0.25, -0.2) is 4.79 Å². The van der Waals surface area contributed by atoms with Crippen molar-refractivity contribution in [1.29, 1.82) is 0 Å². The Morgan fingerprint density at radius 2 is 2.29 bits per heavy atom. The van der Waals surface area contributed by atoms with Crippen LogP contribution in [0.15, 0.2) is 35.7 Å². The first-order valence-electron chi connectivity index (χ1n) is 7.11. The fraction of sp³-hybridized carbons (Fsp3) is 0.353. The first-order valence-corrected chi connectivity index (χ1v) is 7.99. The minimum atomic E-state index is -0.708. The van der Waals surface area contributed by atoms with Crippen LogP contribution in [0.2, 0.25) is 0 Å². The van der Waals surface area contributed by atoms with Crippen molar-refractivity contribution >= 4 is 17.3 Å². The molecule has 1 unspecified atom stereocenters. The van der Waals surface area contributed by atoms with Gasteiger partial charge in [0.1, 0.15) is 5.54 Å². The Bertz CT molecular complexity index is 651. The van der Waals surface area contributed by atoms with E-state index in [-0.39, 0.29) is 5.97 Å². The van der Waals surface area contributed by atoms with Gasteiger partial charge in [-0.3, -0.25) is 5.32 Å². The summed E-state index contributed by atoms with van der Waals surface area (Å²) in [6, 6.07) is 10.4. The number of fused-ring (bicyclic) bond motifs is 1. The van der Waals surface area contributed by atoms with Crippen LogP contribution in [0.4, 0.5) is 0 Å². The smallest absolute Gasteiger partial charge is 0.330 e. The van der Waals surface area contributed by atoms with E-state index in [1.54, 1.807) is 11.3 Å². The molecule has 1 N–H and O–H groups in total. The van der Waals surface area contributed by atoms with Crippen molar-refractivity contribution in [3.8, 4) is 0 Å². The van der Waals surface area contributed by atoms with Crippen LogP contribution >= 0.6 is 11.3 Å². The van der Waals surface area contributed by atoms with Crippen LogP contribution in [-0.4, -0.2) is 13.1 Å². The van der Waals surface area contributed by atoms with Crippen molar-refractivity contribution in [2.24, 2.45) is 0 Å². The number of nitrogens with one attached hydrogen (secondary N) is 1. The third-order valence-corrected chi connectivity index (χ3v) is 5.05. The molecule has 1 heterocycles. The van der Waals surface area contributed by atoms with Gasteiger partial charge in [0.05, 0.1) is 7.11 Å². The highest BCUT2D eigenvalue weighted by Gasteiger charge is 2.46. The van der Waals surface area contributed by atoms with Crippen LogP contribution in [0, 0.1) is 6.92 Å². The summed E-state index contributed by atoms with van der Waals surface area (Å²) >= 11 is 1.69. The molecule has 21 heavy (non-hydrogen) atoms. The Labute approximate surface area is 129 Å². The molecule has 0 saturated carbocycles. The van der Waals surface area contributed by atoms with Gasteiger partial charge in [0.15, 0.2) is 0 Å². The predicted octanol–water partition coefficient (Wildman–Crippen LogP) is 3.16. The molecule has 0 fully saturated rings. The number of rotatable bonds is 4. The van der Waals surface area contributed by atoms with E-state index < -0.39 is 5.54 Å². The average Bonchev–Trinajstić information content (AvgIpc) is 3.12. The van der Waals surface area contributed by atoms with Gasteiger partial charge in [0, 0.05) is 11.4 Å². The zero-order valence-electron chi connectivity index (χ0n) is 12.3. The molecule has 3 rings (SSSR count). The molecule has 2 aromatic rings. The van der Waals surface area contributed by atoms with Crippen molar-refractivity contribution < 1.29 is 9.53 Å². The second-order valence-corrected chi connectivity index (χ2v) is 6.52. The Kier molecular flexibility index (Phi) is 3.83. The number of ether oxygens (including phenoxy) is 1. The minimum absolute atomic E-state index is 0.191. The van der Waals surface area contributed by atoms with Crippen LogP contribution in [0.3, 0.4) is 0 Å². The first-order chi connectivity index (χ1) is 10.2. The summed E-state index contributed by atoms with van der Waals surface area (Å²) in [6.07, 6.45) is 1.66. The fourth-order valence-corrected chi connectivity index (χ4v) is 3.70. The molecule has 1 atom stereocenters. The largest absolute Gasteiger partial charge is 0.467 e. The van der Waals surface area contributed by atoms with Crippen LogP contribution in [0.25, 0.3) is 0 Å². The van der Waals surface area contributed by atoms with Crippen molar-refractivity contribution in [3.63, 3.8) is 0 Å². The standard InChI is InChI=1S/C17H19NO2S/c1-12-5-6-13-7-8-17(15(13)10-12,16(19)20-2)18-11-14-4-3-9-21-14/h3-6,9-10,18H,7-8,11H2,1-2H3. The number of aryl methyl sites for hydroxylation is 2. The number of hydrogen-bond acceptors (Lipinski definition) is 4. The third-order valence-electron chi connectivity index (χ3n) is 4.17. The molecule has 0 aliphatic heterocycles. The van der Waals surface area contributed by atoms with E-state index in [1.165, 1.54) is 23.1 Å². The second-order valence-electron chi connectivity index (χ2n) is 5.49. The number of carbonyl (C=O) groups excluding carboxylic acids is 1. The van der Waals surface area contributed by atoms with Gasteiger partial charge in [-0.05, 0) is 42.3 Å². The number of thiophene rings is 1. The minimum Gasteiger partial charge on any atom is -0.467 e. The zero-order chi connectivity index (χ0) is 14.9. The molecule has 0 spiro atoms. The molecule has 3 nitrogen and oxygen atoms in total. The van der Waals surface area contributed by atoms with Gasteiger partial charge >= 0.3 is 5.97 Å². The number of carbonyl (C=O) groups is 1. The van der Waals surface area contributed by atoms with E-state index in [2.05, 4.69) is 41.9 Å². The number of hydrogen-bond donors (Lipinski definition) is 1. The maximum atomic E-state index is 12.5. The van der Waals surface area contributed by atoms with Gasteiger partial charge in [-0.15, -0.1) is 11.3 Å². The monoisotopic (exact) mass is 301 g/mol. The number of esters is 1. The molecule has 1 aliphatic rings. The summed E-state index contributed by atoms with van der Waals surface area (Å²) in [5, 5.41) is 5.52. The molecule has 0 saturated heterocycles. The lowest BCUT2D eigenvalue weighted by Crippen LogP contribution is -2.47. The summed E-state index contributed by atoms with van der Waals surface area (Å²) in [5.41, 5.74) is 2.78. The molecule has 0 amide bonds. The maximum Gasteiger partial charge on any atom is 0.330 e. The molecule has 0 bridgehead atoms. The maximum absolute atomic E-state index is 12.5. The van der Waals surface area contributed by atoms with Gasteiger partial charge in [-0.1, -0.05) is 29.8 Å². The molecule has 0 radical (unpaired) electrons. The van der Waals surface area contributed by atoms with E-state index in [4.69, 9.17) is 4.74 Å². The molecule has 1 aromatic heterocycles. The molecular formula is C17H19NO2S. The van der Waals surface area contributed by atoms with E-state index in [9.17, 15) is 4.79 Å². The van der Waals surface area contributed by atoms with E-state index in [0.29, 0.717) is 6.54 Å². The lowest BCUT2D eigenvalue weighted by Gasteiger charge is -2.29. The average molecular weight is 301 g/mol. The van der Waals surface area contributed by atoms with Crippen LogP contribution < -0.4 is 5.32 Å². The van der Waals surface area contributed by atoms with E-state index >= 15 is 0 Å². The highest BCUT2D eigenvalue weighted by atomic mass is 32.1. The Morgan fingerprint density at radius 1 is 1.43 bits per heavy atom. The summed E-state index contributed by atoms with van der Waals surface area (Å²) in [5.74, 6) is -0.191. The van der Waals surface area contributed by atoms with Gasteiger partial charge in [0.2, 0.25) is 0 Å². The van der Waals surface area contributed by atoms with E-state index in [0.717, 1.165) is 18.4 Å². The highest BCUT2D eigenvalue weighted by Crippen LogP contribution is 2.39. The predicted molar refractivity (Wildman–Crippen MR) is 84.4 cm³/mol. The summed E-state index contributed by atoms with van der Waals surface area (Å²) in [4.78, 5) is 13.7. The Balaban J connectivity index is 1.96. The summed E-state index contributed by atoms with van der Waals surface area (Å²) in [7, 11) is 1.46. The molecule has 4 heteroatoms. The molecule has 1 aromatic carbocycles. The summed E-state index contributed by atoms with van der Waals surface area (Å²) in [6.45, 7) is 2.74. The van der Waals surface area contributed by atoms with Gasteiger partial charge < -0.3 is 4.74 Å². The molecule has 1 aliphatic carbocycles. The lowest BCUT2D eigenvalue weighted by atomic mass is 9.90. The van der Waals surface area contributed by atoms with E-state index in [1.807, 2.05) is 6.07 Å². The molecule has 110 valence electrons. The zero-order valence-corrected chi connectivity index (χ0v) is 13.1. The first kappa shape index (κ1) is 14.3. The van der Waals surface area contributed by atoms with Crippen LogP contribution in [-0.2, 0) is 28.0 Å². The normalized spacial score (nSPS) is 20.3. The number of methoxy groups -OCH3 is 1. The van der Waals surface area contributed by atoms with Crippen LogP contribution in [0.1, 0.15) is 28.0 Å². The highest BCUT2D eigenvalue weighted by molar-refractivity contribution is 7.09. The Morgan fingerprint density at radius 3 is 3.00 bits per heavy atom. The van der Waals surface area contributed by atoms with Crippen molar-refractivity contribution in [2.45, 2.75) is 31.8 Å². The third kappa shape index (κ3) is 2.49. The van der Waals surface area contributed by atoms with Crippen molar-refractivity contribution in [3.05, 3.63) is 57.3 Å². The van der Waals surface area contributed by atoms with Gasteiger partial charge in [-0.2, -0.15) is 0 Å². The topological polar surface area (TPSA) is 38.3 Å².